The van der Waals surface area contributed by atoms with Gasteiger partial charge in [-0.1, -0.05) is 64.5 Å². The normalized spacial score (nSPS) is 11.6. The Morgan fingerprint density at radius 2 is 1.68 bits per heavy atom. The Balaban J connectivity index is 1.90. The topological polar surface area (TPSA) is 58.6 Å². The zero-order valence-corrected chi connectivity index (χ0v) is 21.7. The smallest absolute Gasteiger partial charge is 0.261 e. The van der Waals surface area contributed by atoms with Crippen molar-refractivity contribution in [1.29, 1.82) is 0 Å². The standard InChI is InChI=1S/C28H31BrN2O3/c1-19-13-20(2)21(3)26(14-19)34-18-27(32)31(17-23-11-8-12-24(29)15-23)25(28(33)30-4)16-22-9-6-5-7-10-22/h5-15,25H,16-18H2,1-4H3,(H,30,33)/t25-/m0/s1. The predicted molar refractivity (Wildman–Crippen MR) is 139 cm³/mol. The van der Waals surface area contributed by atoms with Gasteiger partial charge < -0.3 is 15.0 Å². The summed E-state index contributed by atoms with van der Waals surface area (Å²) in [6, 6.07) is 20.8. The number of ether oxygens (including phenoxy) is 1. The minimum atomic E-state index is -0.678. The first-order valence-corrected chi connectivity index (χ1v) is 12.1. The zero-order chi connectivity index (χ0) is 24.7. The molecule has 3 rings (SSSR count). The second-order valence-electron chi connectivity index (χ2n) is 8.46. The molecule has 0 spiro atoms. The molecule has 0 aliphatic rings. The molecule has 1 N–H and O–H groups in total. The number of likely N-dealkylation sites (N-methyl/N-ethyl adjacent to an activating group) is 1. The van der Waals surface area contributed by atoms with E-state index >= 15 is 0 Å². The van der Waals surface area contributed by atoms with Crippen LogP contribution in [-0.4, -0.2) is 36.4 Å². The fourth-order valence-electron chi connectivity index (χ4n) is 3.93. The molecule has 0 unspecified atom stereocenters. The molecule has 0 heterocycles. The Kier molecular flexibility index (Phi) is 8.88. The number of nitrogens with zero attached hydrogens (tertiary/aromatic N) is 1. The van der Waals surface area contributed by atoms with Crippen LogP contribution in [0.25, 0.3) is 0 Å². The summed E-state index contributed by atoms with van der Waals surface area (Å²) in [5, 5.41) is 2.73. The van der Waals surface area contributed by atoms with E-state index in [1.54, 1.807) is 11.9 Å². The van der Waals surface area contributed by atoms with Crippen molar-refractivity contribution >= 4 is 27.7 Å². The summed E-state index contributed by atoms with van der Waals surface area (Å²) < 4.78 is 6.90. The van der Waals surface area contributed by atoms with Gasteiger partial charge in [0.15, 0.2) is 6.61 Å². The Morgan fingerprint density at radius 3 is 2.35 bits per heavy atom. The molecule has 0 saturated carbocycles. The van der Waals surface area contributed by atoms with Gasteiger partial charge in [-0.05, 0) is 66.8 Å². The van der Waals surface area contributed by atoms with Gasteiger partial charge in [-0.25, -0.2) is 0 Å². The van der Waals surface area contributed by atoms with E-state index in [1.807, 2.05) is 81.4 Å². The Hall–Kier alpha value is -3.12. The largest absolute Gasteiger partial charge is 0.483 e. The maximum absolute atomic E-state index is 13.5. The number of hydrogen-bond donors (Lipinski definition) is 1. The maximum Gasteiger partial charge on any atom is 0.261 e. The third-order valence-corrected chi connectivity index (χ3v) is 6.37. The van der Waals surface area contributed by atoms with Crippen LogP contribution in [0.5, 0.6) is 5.75 Å². The van der Waals surface area contributed by atoms with E-state index in [-0.39, 0.29) is 18.4 Å². The fourth-order valence-corrected chi connectivity index (χ4v) is 4.37. The number of rotatable bonds is 9. The van der Waals surface area contributed by atoms with Crippen LogP contribution in [0.3, 0.4) is 0 Å². The van der Waals surface area contributed by atoms with Crippen LogP contribution in [-0.2, 0) is 22.6 Å². The van der Waals surface area contributed by atoms with Gasteiger partial charge in [-0.3, -0.25) is 9.59 Å². The molecule has 5 nitrogen and oxygen atoms in total. The molecule has 0 aromatic heterocycles. The van der Waals surface area contributed by atoms with Crippen LogP contribution < -0.4 is 10.1 Å². The molecule has 34 heavy (non-hydrogen) atoms. The SMILES string of the molecule is CNC(=O)[C@H](Cc1ccccc1)N(Cc1cccc(Br)c1)C(=O)COc1cc(C)cc(C)c1C. The zero-order valence-electron chi connectivity index (χ0n) is 20.1. The lowest BCUT2D eigenvalue weighted by Crippen LogP contribution is -2.51. The highest BCUT2D eigenvalue weighted by Gasteiger charge is 2.30. The van der Waals surface area contributed by atoms with Crippen molar-refractivity contribution in [2.24, 2.45) is 0 Å². The molecule has 2 amide bonds. The average molecular weight is 523 g/mol. The summed E-state index contributed by atoms with van der Waals surface area (Å²) in [7, 11) is 1.59. The number of carbonyl (C=O) groups is 2. The minimum absolute atomic E-state index is 0.153. The van der Waals surface area contributed by atoms with E-state index in [9.17, 15) is 9.59 Å². The summed E-state index contributed by atoms with van der Waals surface area (Å²) in [4.78, 5) is 28.1. The van der Waals surface area contributed by atoms with Gasteiger partial charge in [0.05, 0.1) is 0 Å². The number of amides is 2. The Labute approximate surface area is 210 Å². The molecular weight excluding hydrogens is 492 g/mol. The lowest BCUT2D eigenvalue weighted by atomic mass is 10.0. The average Bonchev–Trinajstić information content (AvgIpc) is 2.82. The second-order valence-corrected chi connectivity index (χ2v) is 9.38. The first-order valence-electron chi connectivity index (χ1n) is 11.3. The molecule has 0 fully saturated rings. The van der Waals surface area contributed by atoms with Gasteiger partial charge in [0.25, 0.3) is 5.91 Å². The lowest BCUT2D eigenvalue weighted by molar-refractivity contribution is -0.142. The maximum atomic E-state index is 13.5. The lowest BCUT2D eigenvalue weighted by Gasteiger charge is -2.31. The molecule has 3 aromatic rings. The fraction of sp³-hybridized carbons (Fsp3) is 0.286. The molecule has 0 aliphatic carbocycles. The molecule has 178 valence electrons. The number of carbonyl (C=O) groups excluding carboxylic acids is 2. The van der Waals surface area contributed by atoms with Gasteiger partial charge in [-0.2, -0.15) is 0 Å². The van der Waals surface area contributed by atoms with Gasteiger partial charge >= 0.3 is 0 Å². The van der Waals surface area contributed by atoms with Gasteiger partial charge in [0.1, 0.15) is 11.8 Å². The van der Waals surface area contributed by atoms with Crippen LogP contribution in [0, 0.1) is 20.8 Å². The van der Waals surface area contributed by atoms with Crippen molar-refractivity contribution in [3.63, 3.8) is 0 Å². The highest BCUT2D eigenvalue weighted by atomic mass is 79.9. The summed E-state index contributed by atoms with van der Waals surface area (Å²) in [5.74, 6) is 0.227. The predicted octanol–water partition coefficient (Wildman–Crippen LogP) is 5.14. The van der Waals surface area contributed by atoms with Gasteiger partial charge in [0.2, 0.25) is 5.91 Å². The van der Waals surface area contributed by atoms with E-state index in [4.69, 9.17) is 4.74 Å². The molecule has 6 heteroatoms. The quantitative estimate of drug-likeness (QED) is 0.423. The number of halogens is 1. The molecule has 0 saturated heterocycles. The second kappa shape index (κ2) is 11.8. The van der Waals surface area contributed by atoms with Crippen LogP contribution >= 0.6 is 15.9 Å². The summed E-state index contributed by atoms with van der Waals surface area (Å²) in [5.41, 5.74) is 5.09. The summed E-state index contributed by atoms with van der Waals surface area (Å²) in [6.07, 6.45) is 0.406. The minimum Gasteiger partial charge on any atom is -0.483 e. The summed E-state index contributed by atoms with van der Waals surface area (Å²) >= 11 is 3.50. The number of benzene rings is 3. The van der Waals surface area contributed by atoms with Crippen LogP contribution in [0.15, 0.2) is 71.2 Å². The first-order chi connectivity index (χ1) is 16.3. The molecule has 1 atom stereocenters. The van der Waals surface area contributed by atoms with Crippen molar-refractivity contribution in [2.45, 2.75) is 39.8 Å². The van der Waals surface area contributed by atoms with E-state index in [0.29, 0.717) is 18.7 Å². The third-order valence-electron chi connectivity index (χ3n) is 5.87. The van der Waals surface area contributed by atoms with E-state index in [2.05, 4.69) is 27.3 Å². The Bertz CT molecular complexity index is 1150. The number of aryl methyl sites for hydroxylation is 2. The molecule has 0 radical (unpaired) electrons. The van der Waals surface area contributed by atoms with Crippen molar-refractivity contribution in [3.05, 3.63) is 99.0 Å². The first kappa shape index (κ1) is 25.5. The van der Waals surface area contributed by atoms with Crippen LogP contribution in [0.1, 0.15) is 27.8 Å². The molecule has 0 aliphatic heterocycles. The monoisotopic (exact) mass is 522 g/mol. The van der Waals surface area contributed by atoms with Crippen molar-refractivity contribution in [2.75, 3.05) is 13.7 Å². The molecule has 3 aromatic carbocycles. The number of hydrogen-bond acceptors (Lipinski definition) is 3. The summed E-state index contributed by atoms with van der Waals surface area (Å²) in [6.45, 7) is 6.15. The van der Waals surface area contributed by atoms with E-state index < -0.39 is 6.04 Å². The third kappa shape index (κ3) is 6.70. The van der Waals surface area contributed by atoms with Crippen molar-refractivity contribution in [3.8, 4) is 5.75 Å². The van der Waals surface area contributed by atoms with Crippen molar-refractivity contribution in [1.82, 2.24) is 10.2 Å². The van der Waals surface area contributed by atoms with Crippen LogP contribution in [0.2, 0.25) is 0 Å². The molecular formula is C28H31BrN2O3. The number of nitrogens with one attached hydrogen (secondary N) is 1. The van der Waals surface area contributed by atoms with Gasteiger partial charge in [-0.15, -0.1) is 0 Å². The molecule has 0 bridgehead atoms. The highest BCUT2D eigenvalue weighted by molar-refractivity contribution is 9.10. The van der Waals surface area contributed by atoms with Gasteiger partial charge in [0, 0.05) is 24.5 Å². The van der Waals surface area contributed by atoms with Crippen LogP contribution in [0.4, 0.5) is 0 Å². The van der Waals surface area contributed by atoms with Crippen molar-refractivity contribution < 1.29 is 14.3 Å². The van der Waals surface area contributed by atoms with E-state index in [1.165, 1.54) is 0 Å². The highest BCUT2D eigenvalue weighted by Crippen LogP contribution is 2.24. The van der Waals surface area contributed by atoms with E-state index in [0.717, 1.165) is 32.3 Å². The Morgan fingerprint density at radius 1 is 0.971 bits per heavy atom.